The zero-order chi connectivity index (χ0) is 17.9. The fourth-order valence-corrected chi connectivity index (χ4v) is 2.82. The van der Waals surface area contributed by atoms with E-state index >= 15 is 0 Å². The largest absolute Gasteiger partial charge is 0.502 e. The van der Waals surface area contributed by atoms with Crippen molar-refractivity contribution in [3.63, 3.8) is 0 Å². The molecule has 1 aromatic carbocycles. The summed E-state index contributed by atoms with van der Waals surface area (Å²) in [5.41, 5.74) is 0.491. The normalized spacial score (nSPS) is 15.8. The Kier molecular flexibility index (Phi) is 5.35. The van der Waals surface area contributed by atoms with Crippen molar-refractivity contribution in [1.29, 1.82) is 0 Å². The Morgan fingerprint density at radius 2 is 1.79 bits per heavy atom. The van der Waals surface area contributed by atoms with Gasteiger partial charge in [-0.05, 0) is 35.5 Å². The summed E-state index contributed by atoms with van der Waals surface area (Å²) >= 11 is 0.707. The summed E-state index contributed by atoms with van der Waals surface area (Å²) in [6.45, 7) is -0.444. The molecule has 1 saturated heterocycles. The van der Waals surface area contributed by atoms with Crippen molar-refractivity contribution in [2.24, 2.45) is 0 Å². The van der Waals surface area contributed by atoms with Crippen LogP contribution in [0.1, 0.15) is 5.56 Å². The van der Waals surface area contributed by atoms with Crippen molar-refractivity contribution in [2.45, 2.75) is 0 Å². The summed E-state index contributed by atoms with van der Waals surface area (Å²) < 4.78 is 14.5. The number of carbonyl (C=O) groups is 3. The van der Waals surface area contributed by atoms with Crippen LogP contribution in [0.3, 0.4) is 0 Å². The monoisotopic (exact) mass is 353 g/mol. The fraction of sp³-hybridized carbons (Fsp3) is 0.267. The molecular formula is C15H15NO7S. The van der Waals surface area contributed by atoms with Gasteiger partial charge in [-0.25, -0.2) is 0 Å². The number of phenolic OH excluding ortho intramolecular Hbond substituents is 1. The van der Waals surface area contributed by atoms with E-state index in [1.807, 2.05) is 0 Å². The van der Waals surface area contributed by atoms with Crippen LogP contribution in [0.2, 0.25) is 0 Å². The van der Waals surface area contributed by atoms with Crippen LogP contribution in [0.15, 0.2) is 17.0 Å². The van der Waals surface area contributed by atoms with Crippen molar-refractivity contribution in [3.8, 4) is 17.2 Å². The van der Waals surface area contributed by atoms with Crippen LogP contribution in [-0.2, 0) is 14.3 Å². The standard InChI is InChI=1S/C15H15NO7S/c1-21-9-4-8(5-10(22-2)13(9)18)6-11-14(19)16(15(20)24-11)7-12(17)23-3/h4-6,18H,7H2,1-3H3/b11-6+. The first-order chi connectivity index (χ1) is 11.4. The van der Waals surface area contributed by atoms with Crippen LogP contribution in [-0.4, -0.2) is 55.0 Å². The van der Waals surface area contributed by atoms with E-state index in [0.29, 0.717) is 17.3 Å². The van der Waals surface area contributed by atoms with Gasteiger partial charge in [0.1, 0.15) is 6.54 Å². The SMILES string of the molecule is COC(=O)CN1C(=O)S/C(=C/c2cc(OC)c(O)c(OC)c2)C1=O. The molecule has 1 heterocycles. The molecule has 0 saturated carbocycles. The molecule has 0 bridgehead atoms. The van der Waals surface area contributed by atoms with Gasteiger partial charge < -0.3 is 19.3 Å². The second-order valence-corrected chi connectivity index (χ2v) is 5.61. The van der Waals surface area contributed by atoms with E-state index in [-0.39, 0.29) is 22.2 Å². The number of benzene rings is 1. The molecule has 1 aliphatic heterocycles. The first kappa shape index (κ1) is 17.7. The van der Waals surface area contributed by atoms with Crippen LogP contribution >= 0.6 is 11.8 Å². The summed E-state index contributed by atoms with van der Waals surface area (Å²) in [6.07, 6.45) is 1.45. The molecule has 0 aromatic heterocycles. The quantitative estimate of drug-likeness (QED) is 0.629. The number of imide groups is 1. The maximum atomic E-state index is 12.2. The molecule has 24 heavy (non-hydrogen) atoms. The van der Waals surface area contributed by atoms with E-state index in [9.17, 15) is 19.5 Å². The number of hydrogen-bond donors (Lipinski definition) is 1. The van der Waals surface area contributed by atoms with E-state index in [2.05, 4.69) is 4.74 Å². The summed E-state index contributed by atoms with van der Waals surface area (Å²) in [7, 11) is 3.93. The third-order valence-corrected chi connectivity index (χ3v) is 4.10. The van der Waals surface area contributed by atoms with Gasteiger partial charge in [0, 0.05) is 0 Å². The van der Waals surface area contributed by atoms with E-state index in [1.54, 1.807) is 0 Å². The van der Waals surface area contributed by atoms with Crippen molar-refractivity contribution >= 4 is 35.0 Å². The van der Waals surface area contributed by atoms with Crippen LogP contribution in [0, 0.1) is 0 Å². The third kappa shape index (κ3) is 3.46. The predicted molar refractivity (Wildman–Crippen MR) is 85.9 cm³/mol. The Morgan fingerprint density at radius 3 is 2.29 bits per heavy atom. The lowest BCUT2D eigenvalue weighted by molar-refractivity contribution is -0.143. The Hall–Kier alpha value is -2.68. The molecule has 1 aromatic rings. The molecule has 0 unspecified atom stereocenters. The summed E-state index contributed by atoms with van der Waals surface area (Å²) in [6, 6.07) is 2.98. The summed E-state index contributed by atoms with van der Waals surface area (Å²) in [5, 5.41) is 9.32. The van der Waals surface area contributed by atoms with Gasteiger partial charge in [-0.1, -0.05) is 0 Å². The number of phenols is 1. The molecule has 1 fully saturated rings. The lowest BCUT2D eigenvalue weighted by atomic mass is 10.1. The molecule has 8 nitrogen and oxygen atoms in total. The molecule has 0 aliphatic carbocycles. The van der Waals surface area contributed by atoms with Gasteiger partial charge in [0.2, 0.25) is 5.75 Å². The second-order valence-electron chi connectivity index (χ2n) is 4.62. The Bertz CT molecular complexity index is 704. The predicted octanol–water partition coefficient (Wildman–Crippen LogP) is 1.62. The van der Waals surface area contributed by atoms with E-state index in [1.165, 1.54) is 39.5 Å². The van der Waals surface area contributed by atoms with Crippen molar-refractivity contribution in [2.75, 3.05) is 27.9 Å². The van der Waals surface area contributed by atoms with Crippen molar-refractivity contribution in [3.05, 3.63) is 22.6 Å². The Labute approximate surface area is 142 Å². The minimum atomic E-state index is -0.688. The van der Waals surface area contributed by atoms with Gasteiger partial charge in [-0.3, -0.25) is 19.3 Å². The molecule has 2 rings (SSSR count). The number of esters is 1. The lowest BCUT2D eigenvalue weighted by Gasteiger charge is -2.10. The number of rotatable bonds is 5. The smallest absolute Gasteiger partial charge is 0.325 e. The molecule has 0 atom stereocenters. The minimum absolute atomic E-state index is 0.138. The molecule has 9 heteroatoms. The molecule has 128 valence electrons. The van der Waals surface area contributed by atoms with Gasteiger partial charge >= 0.3 is 5.97 Å². The first-order valence-corrected chi connectivity index (χ1v) is 7.50. The average Bonchev–Trinajstić information content (AvgIpc) is 2.83. The molecule has 0 spiro atoms. The Balaban J connectivity index is 2.33. The summed E-state index contributed by atoms with van der Waals surface area (Å²) in [4.78, 5) is 36.3. The van der Waals surface area contributed by atoms with Gasteiger partial charge in [0.05, 0.1) is 26.2 Å². The highest BCUT2D eigenvalue weighted by molar-refractivity contribution is 8.18. The molecular weight excluding hydrogens is 338 g/mol. The van der Waals surface area contributed by atoms with Gasteiger partial charge in [-0.2, -0.15) is 0 Å². The lowest BCUT2D eigenvalue weighted by Crippen LogP contribution is -2.34. The van der Waals surface area contributed by atoms with Crippen LogP contribution in [0.5, 0.6) is 17.2 Å². The molecule has 1 N–H and O–H groups in total. The second kappa shape index (κ2) is 7.26. The molecule has 1 aliphatic rings. The maximum Gasteiger partial charge on any atom is 0.325 e. The van der Waals surface area contributed by atoms with Gasteiger partial charge in [0.25, 0.3) is 11.1 Å². The van der Waals surface area contributed by atoms with Crippen LogP contribution in [0.25, 0.3) is 6.08 Å². The van der Waals surface area contributed by atoms with Crippen LogP contribution < -0.4 is 9.47 Å². The molecule has 2 amide bonds. The minimum Gasteiger partial charge on any atom is -0.502 e. The molecule has 0 radical (unpaired) electrons. The zero-order valence-electron chi connectivity index (χ0n) is 13.2. The number of thioether (sulfide) groups is 1. The number of carbonyl (C=O) groups excluding carboxylic acids is 3. The van der Waals surface area contributed by atoms with Gasteiger partial charge in [-0.15, -0.1) is 0 Å². The third-order valence-electron chi connectivity index (χ3n) is 3.19. The highest BCUT2D eigenvalue weighted by atomic mass is 32.2. The topological polar surface area (TPSA) is 102 Å². The number of hydrogen-bond acceptors (Lipinski definition) is 8. The average molecular weight is 353 g/mol. The number of methoxy groups -OCH3 is 3. The number of ether oxygens (including phenoxy) is 3. The van der Waals surface area contributed by atoms with Crippen molar-refractivity contribution in [1.82, 2.24) is 4.90 Å². The number of aromatic hydroxyl groups is 1. The van der Waals surface area contributed by atoms with Crippen LogP contribution in [0.4, 0.5) is 4.79 Å². The maximum absolute atomic E-state index is 12.2. The zero-order valence-corrected chi connectivity index (χ0v) is 14.0. The number of nitrogens with zero attached hydrogens (tertiary/aromatic N) is 1. The first-order valence-electron chi connectivity index (χ1n) is 6.68. The fourth-order valence-electron chi connectivity index (χ4n) is 1.98. The van der Waals surface area contributed by atoms with E-state index in [4.69, 9.17) is 9.47 Å². The highest BCUT2D eigenvalue weighted by Crippen LogP contribution is 2.39. The van der Waals surface area contributed by atoms with Gasteiger partial charge in [0.15, 0.2) is 11.5 Å². The number of amides is 2. The van der Waals surface area contributed by atoms with E-state index < -0.39 is 23.7 Å². The highest BCUT2D eigenvalue weighted by Gasteiger charge is 2.36. The summed E-state index contributed by atoms with van der Waals surface area (Å²) in [5.74, 6) is -1.13. The van der Waals surface area contributed by atoms with Crippen molar-refractivity contribution < 1.29 is 33.7 Å². The Morgan fingerprint density at radius 1 is 1.21 bits per heavy atom. The van der Waals surface area contributed by atoms with E-state index in [0.717, 1.165) is 4.90 Å².